The SMILES string of the molecule is S=C(NCCc1ccccc1)Nc1nn(Cc2ccc(Cl)cc2)cc1Br. The number of halogens is 2. The van der Waals surface area contributed by atoms with Crippen LogP contribution in [0.25, 0.3) is 0 Å². The van der Waals surface area contributed by atoms with Gasteiger partial charge < -0.3 is 10.6 Å². The minimum atomic E-state index is 0.554. The average molecular weight is 450 g/mol. The van der Waals surface area contributed by atoms with Gasteiger partial charge in [-0.1, -0.05) is 54.1 Å². The molecule has 3 aromatic rings. The molecule has 0 spiro atoms. The molecule has 0 bridgehead atoms. The highest BCUT2D eigenvalue weighted by atomic mass is 79.9. The lowest BCUT2D eigenvalue weighted by atomic mass is 10.1. The largest absolute Gasteiger partial charge is 0.362 e. The van der Waals surface area contributed by atoms with Crippen molar-refractivity contribution < 1.29 is 0 Å². The summed E-state index contributed by atoms with van der Waals surface area (Å²) in [5.41, 5.74) is 2.40. The van der Waals surface area contributed by atoms with Crippen molar-refractivity contribution >= 4 is 50.7 Å². The van der Waals surface area contributed by atoms with E-state index in [0.29, 0.717) is 17.5 Å². The Labute approximate surface area is 171 Å². The van der Waals surface area contributed by atoms with E-state index < -0.39 is 0 Å². The second-order valence-corrected chi connectivity index (χ2v) is 7.47. The van der Waals surface area contributed by atoms with Crippen LogP contribution in [0.2, 0.25) is 5.02 Å². The number of rotatable bonds is 6. The summed E-state index contributed by atoms with van der Waals surface area (Å²) in [5, 5.41) is 12.2. The summed E-state index contributed by atoms with van der Waals surface area (Å²) in [7, 11) is 0. The Kier molecular flexibility index (Phi) is 6.66. The summed E-state index contributed by atoms with van der Waals surface area (Å²) >= 11 is 14.8. The fraction of sp³-hybridized carbons (Fsp3) is 0.158. The van der Waals surface area contributed by atoms with Gasteiger partial charge in [0.15, 0.2) is 10.9 Å². The van der Waals surface area contributed by atoms with Crippen LogP contribution in [0.4, 0.5) is 5.82 Å². The van der Waals surface area contributed by atoms with E-state index in [-0.39, 0.29) is 0 Å². The van der Waals surface area contributed by atoms with Gasteiger partial charge in [0.2, 0.25) is 0 Å². The quantitative estimate of drug-likeness (QED) is 0.527. The molecule has 0 aliphatic rings. The number of benzene rings is 2. The maximum absolute atomic E-state index is 5.92. The van der Waals surface area contributed by atoms with Crippen LogP contribution < -0.4 is 10.6 Å². The molecular weight excluding hydrogens is 432 g/mol. The predicted molar refractivity (Wildman–Crippen MR) is 115 cm³/mol. The van der Waals surface area contributed by atoms with Gasteiger partial charge in [-0.3, -0.25) is 4.68 Å². The molecule has 0 amide bonds. The maximum atomic E-state index is 5.92. The highest BCUT2D eigenvalue weighted by molar-refractivity contribution is 9.10. The lowest BCUT2D eigenvalue weighted by Crippen LogP contribution is -2.30. The summed E-state index contributed by atoms with van der Waals surface area (Å²) in [6.45, 7) is 1.42. The van der Waals surface area contributed by atoms with Gasteiger partial charge in [0, 0.05) is 17.8 Å². The molecule has 26 heavy (non-hydrogen) atoms. The third kappa shape index (κ3) is 5.56. The van der Waals surface area contributed by atoms with E-state index >= 15 is 0 Å². The summed E-state index contributed by atoms with van der Waals surface area (Å²) in [5.74, 6) is 0.691. The Morgan fingerprint density at radius 3 is 2.54 bits per heavy atom. The number of aromatic nitrogens is 2. The summed E-state index contributed by atoms with van der Waals surface area (Å²) in [4.78, 5) is 0. The zero-order valence-electron chi connectivity index (χ0n) is 14.0. The molecule has 0 radical (unpaired) electrons. The first-order chi connectivity index (χ1) is 12.6. The Morgan fingerprint density at radius 1 is 1.08 bits per heavy atom. The Morgan fingerprint density at radius 2 is 1.81 bits per heavy atom. The smallest absolute Gasteiger partial charge is 0.172 e. The van der Waals surface area contributed by atoms with E-state index in [1.54, 1.807) is 0 Å². The zero-order valence-corrected chi connectivity index (χ0v) is 17.1. The van der Waals surface area contributed by atoms with Crippen molar-refractivity contribution in [1.82, 2.24) is 15.1 Å². The molecule has 2 N–H and O–H groups in total. The van der Waals surface area contributed by atoms with Crippen LogP contribution in [-0.2, 0) is 13.0 Å². The van der Waals surface area contributed by atoms with Crippen LogP contribution in [0.3, 0.4) is 0 Å². The van der Waals surface area contributed by atoms with Crippen LogP contribution in [-0.4, -0.2) is 21.4 Å². The highest BCUT2D eigenvalue weighted by Crippen LogP contribution is 2.21. The van der Waals surface area contributed by atoms with E-state index in [0.717, 1.165) is 28.0 Å². The van der Waals surface area contributed by atoms with Crippen molar-refractivity contribution in [1.29, 1.82) is 0 Å². The molecular formula is C19H18BrClN4S. The first kappa shape index (κ1) is 18.9. The van der Waals surface area contributed by atoms with Gasteiger partial charge in [0.05, 0.1) is 11.0 Å². The van der Waals surface area contributed by atoms with E-state index in [1.807, 2.05) is 53.3 Å². The van der Waals surface area contributed by atoms with E-state index in [4.69, 9.17) is 23.8 Å². The number of anilines is 1. The van der Waals surface area contributed by atoms with Gasteiger partial charge in [-0.2, -0.15) is 5.10 Å². The third-order valence-electron chi connectivity index (χ3n) is 3.75. The molecule has 0 aliphatic heterocycles. The maximum Gasteiger partial charge on any atom is 0.172 e. The molecule has 0 saturated heterocycles. The number of nitrogens with zero attached hydrogens (tertiary/aromatic N) is 2. The van der Waals surface area contributed by atoms with Crippen molar-refractivity contribution in [2.75, 3.05) is 11.9 Å². The number of hydrogen-bond acceptors (Lipinski definition) is 2. The average Bonchev–Trinajstić information content (AvgIpc) is 2.97. The minimum absolute atomic E-state index is 0.554. The second-order valence-electron chi connectivity index (χ2n) is 5.77. The first-order valence-electron chi connectivity index (χ1n) is 8.16. The molecule has 0 unspecified atom stereocenters. The molecule has 0 atom stereocenters. The number of nitrogens with one attached hydrogen (secondary N) is 2. The second kappa shape index (κ2) is 9.16. The van der Waals surface area contributed by atoms with Crippen LogP contribution in [0.15, 0.2) is 65.3 Å². The van der Waals surface area contributed by atoms with Crippen LogP contribution in [0, 0.1) is 0 Å². The summed E-state index contributed by atoms with van der Waals surface area (Å²) < 4.78 is 2.71. The van der Waals surface area contributed by atoms with Gasteiger partial charge in [-0.15, -0.1) is 0 Å². The van der Waals surface area contributed by atoms with Gasteiger partial charge in [0.1, 0.15) is 0 Å². The molecule has 4 nitrogen and oxygen atoms in total. The highest BCUT2D eigenvalue weighted by Gasteiger charge is 2.08. The predicted octanol–water partition coefficient (Wildman–Crippen LogP) is 4.88. The van der Waals surface area contributed by atoms with Gasteiger partial charge in [0.25, 0.3) is 0 Å². The molecule has 2 aromatic carbocycles. The monoisotopic (exact) mass is 448 g/mol. The normalized spacial score (nSPS) is 10.5. The molecule has 134 valence electrons. The fourth-order valence-electron chi connectivity index (χ4n) is 2.46. The van der Waals surface area contributed by atoms with E-state index in [2.05, 4.69) is 43.8 Å². The van der Waals surface area contributed by atoms with Crippen molar-refractivity contribution in [2.45, 2.75) is 13.0 Å². The molecule has 0 fully saturated rings. The first-order valence-corrected chi connectivity index (χ1v) is 9.74. The van der Waals surface area contributed by atoms with Crippen LogP contribution in [0.5, 0.6) is 0 Å². The van der Waals surface area contributed by atoms with Gasteiger partial charge in [-0.05, 0) is 57.8 Å². The summed E-state index contributed by atoms with van der Waals surface area (Å²) in [6, 6.07) is 18.0. The van der Waals surface area contributed by atoms with Crippen molar-refractivity contribution in [3.8, 4) is 0 Å². The topological polar surface area (TPSA) is 41.9 Å². The zero-order chi connectivity index (χ0) is 18.4. The van der Waals surface area contributed by atoms with Gasteiger partial charge >= 0.3 is 0 Å². The molecule has 0 aliphatic carbocycles. The fourth-order valence-corrected chi connectivity index (χ4v) is 3.20. The van der Waals surface area contributed by atoms with Crippen molar-refractivity contribution in [2.24, 2.45) is 0 Å². The molecule has 0 saturated carbocycles. The number of hydrogen-bond donors (Lipinski definition) is 2. The van der Waals surface area contributed by atoms with Crippen LogP contribution >= 0.6 is 39.7 Å². The lowest BCUT2D eigenvalue weighted by molar-refractivity contribution is 0.689. The molecule has 1 aromatic heterocycles. The van der Waals surface area contributed by atoms with Crippen LogP contribution in [0.1, 0.15) is 11.1 Å². The Bertz CT molecular complexity index is 865. The minimum Gasteiger partial charge on any atom is -0.362 e. The lowest BCUT2D eigenvalue weighted by Gasteiger charge is -2.09. The van der Waals surface area contributed by atoms with E-state index in [9.17, 15) is 0 Å². The third-order valence-corrected chi connectivity index (χ3v) is 4.83. The summed E-state index contributed by atoms with van der Waals surface area (Å²) in [6.07, 6.45) is 2.83. The Hall–Kier alpha value is -1.89. The Balaban J connectivity index is 1.52. The van der Waals surface area contributed by atoms with Crippen molar-refractivity contribution in [3.05, 3.63) is 81.4 Å². The molecule has 1 heterocycles. The van der Waals surface area contributed by atoms with Crippen molar-refractivity contribution in [3.63, 3.8) is 0 Å². The standard InChI is InChI=1S/C19H18BrClN4S/c20-17-13-25(12-15-6-8-16(21)9-7-15)24-18(17)23-19(26)22-11-10-14-4-2-1-3-5-14/h1-9,13H,10-12H2,(H2,22,23,24,26). The number of thiocarbonyl (C=S) groups is 1. The van der Waals surface area contributed by atoms with E-state index in [1.165, 1.54) is 5.56 Å². The molecule has 3 rings (SSSR count). The van der Waals surface area contributed by atoms with Gasteiger partial charge in [-0.25, -0.2) is 0 Å². The molecule has 7 heteroatoms.